The second-order valence-corrected chi connectivity index (χ2v) is 25.9. The predicted octanol–water partition coefficient (Wildman–Crippen LogP) is 27.1. The number of hydrogen-bond donors (Lipinski definition) is 0. The van der Waals surface area contributed by atoms with Gasteiger partial charge in [-0.05, 0) is 174 Å². The number of fused-ring (bicyclic) bond motifs is 9. The molecule has 0 fully saturated rings. The molecule has 19 rings (SSSR count). The lowest BCUT2D eigenvalue weighted by Crippen LogP contribution is -2.09. The summed E-state index contributed by atoms with van der Waals surface area (Å²) in [4.78, 5) is 2.36. The summed E-state index contributed by atoms with van der Waals surface area (Å²) >= 11 is 0. The molecule has 0 N–H and O–H groups in total. The molecule has 0 aliphatic rings. The lowest BCUT2D eigenvalue weighted by molar-refractivity contribution is 0.669. The molecule has 19 aromatic rings. The predicted molar refractivity (Wildman–Crippen MR) is 419 cm³/mol. The Morgan fingerprint density at radius 2 is 0.460 bits per heavy atom. The van der Waals surface area contributed by atoms with E-state index < -0.39 is 0 Å². The molecular formula is C96H62N2O2. The first-order valence-electron chi connectivity index (χ1n) is 34.2. The molecule has 0 saturated carbocycles. The minimum atomic E-state index is 0.900. The van der Waals surface area contributed by atoms with E-state index in [1.54, 1.807) is 0 Å². The largest absolute Gasteiger partial charge is 0.455 e. The molecule has 3 aromatic heterocycles. The van der Waals surface area contributed by atoms with E-state index in [1.807, 2.05) is 24.3 Å². The second-order valence-electron chi connectivity index (χ2n) is 25.9. The van der Waals surface area contributed by atoms with Crippen LogP contribution in [0.3, 0.4) is 0 Å². The zero-order valence-corrected chi connectivity index (χ0v) is 54.5. The summed E-state index contributed by atoms with van der Waals surface area (Å²) in [5.74, 6) is 0. The molecule has 0 unspecified atom stereocenters. The van der Waals surface area contributed by atoms with Gasteiger partial charge in [-0.25, -0.2) is 0 Å². The summed E-state index contributed by atoms with van der Waals surface area (Å²) in [6, 6.07) is 136. The fourth-order valence-electron chi connectivity index (χ4n) is 14.9. The highest BCUT2D eigenvalue weighted by Gasteiger charge is 2.20. The molecule has 100 heavy (non-hydrogen) atoms. The van der Waals surface area contributed by atoms with E-state index in [9.17, 15) is 0 Å². The maximum Gasteiger partial charge on any atom is 0.143 e. The van der Waals surface area contributed by atoms with Gasteiger partial charge in [0.1, 0.15) is 22.3 Å². The number of nitrogens with zero attached hydrogens (tertiary/aromatic N) is 2. The van der Waals surface area contributed by atoms with E-state index in [-0.39, 0.29) is 0 Å². The van der Waals surface area contributed by atoms with Gasteiger partial charge < -0.3 is 18.3 Å². The first kappa shape index (κ1) is 58.1. The molecule has 0 aliphatic carbocycles. The topological polar surface area (TPSA) is 34.5 Å². The van der Waals surface area contributed by atoms with Gasteiger partial charge in [0.2, 0.25) is 0 Å². The number of benzene rings is 16. The number of para-hydroxylation sites is 4. The lowest BCUT2D eigenvalue weighted by atomic mass is 9.97. The van der Waals surface area contributed by atoms with Crippen LogP contribution in [-0.4, -0.2) is 4.57 Å². The summed E-state index contributed by atoms with van der Waals surface area (Å²) in [6.45, 7) is 0. The Bertz CT molecular complexity index is 5890. The molecule has 4 nitrogen and oxygen atoms in total. The van der Waals surface area contributed by atoms with E-state index in [2.05, 4.69) is 361 Å². The summed E-state index contributed by atoms with van der Waals surface area (Å²) in [5, 5.41) is 6.88. The highest BCUT2D eigenvalue weighted by Crippen LogP contribution is 2.44. The molecule has 0 radical (unpaired) electrons. The van der Waals surface area contributed by atoms with Crippen molar-refractivity contribution in [3.63, 3.8) is 0 Å². The number of rotatable bonds is 13. The van der Waals surface area contributed by atoms with Crippen molar-refractivity contribution in [1.82, 2.24) is 4.57 Å². The average Bonchev–Trinajstić information content (AvgIpc) is 1.58. The summed E-state index contributed by atoms with van der Waals surface area (Å²) in [5.41, 5.74) is 31.0. The van der Waals surface area contributed by atoms with Gasteiger partial charge in [0.15, 0.2) is 0 Å². The lowest BCUT2D eigenvalue weighted by Gasteiger charge is -2.26. The summed E-state index contributed by atoms with van der Waals surface area (Å²) in [6.07, 6.45) is 0. The molecule has 16 aromatic carbocycles. The van der Waals surface area contributed by atoms with Crippen LogP contribution in [0.5, 0.6) is 0 Å². The van der Waals surface area contributed by atoms with Crippen LogP contribution in [-0.2, 0) is 0 Å². The minimum absolute atomic E-state index is 0.900. The fourth-order valence-corrected chi connectivity index (χ4v) is 14.9. The van der Waals surface area contributed by atoms with E-state index in [1.165, 1.54) is 55.3 Å². The highest BCUT2D eigenvalue weighted by atomic mass is 16.3. The van der Waals surface area contributed by atoms with Crippen molar-refractivity contribution < 1.29 is 8.83 Å². The highest BCUT2D eigenvalue weighted by molar-refractivity contribution is 6.13. The fraction of sp³-hybridized carbons (Fsp3) is 0. The molecule has 0 atom stereocenters. The van der Waals surface area contributed by atoms with Gasteiger partial charge in [0.05, 0.1) is 11.0 Å². The zero-order chi connectivity index (χ0) is 66.0. The molecule has 0 amide bonds. The Morgan fingerprint density at radius 1 is 0.190 bits per heavy atom. The first-order chi connectivity index (χ1) is 49.5. The van der Waals surface area contributed by atoms with Crippen molar-refractivity contribution >= 4 is 82.7 Å². The van der Waals surface area contributed by atoms with E-state index in [0.717, 1.165) is 133 Å². The van der Waals surface area contributed by atoms with E-state index in [4.69, 9.17) is 8.83 Å². The van der Waals surface area contributed by atoms with Crippen molar-refractivity contribution in [3.05, 3.63) is 376 Å². The van der Waals surface area contributed by atoms with Crippen LogP contribution in [0.15, 0.2) is 385 Å². The molecule has 0 bridgehead atoms. The Kier molecular flexibility index (Phi) is 14.2. The molecule has 468 valence electrons. The third-order valence-electron chi connectivity index (χ3n) is 20.1. The van der Waals surface area contributed by atoms with Crippen molar-refractivity contribution in [1.29, 1.82) is 0 Å². The third-order valence-corrected chi connectivity index (χ3v) is 20.1. The quantitative estimate of drug-likeness (QED) is 0.115. The maximum absolute atomic E-state index is 6.48. The Labute approximate surface area is 579 Å². The third kappa shape index (κ3) is 10.4. The molecule has 0 spiro atoms. The number of anilines is 3. The van der Waals surface area contributed by atoms with Gasteiger partial charge in [0, 0.05) is 66.2 Å². The molecule has 3 heterocycles. The van der Waals surface area contributed by atoms with Crippen molar-refractivity contribution in [2.24, 2.45) is 0 Å². The van der Waals surface area contributed by atoms with Crippen LogP contribution in [0.25, 0.3) is 172 Å². The first-order valence-corrected chi connectivity index (χ1v) is 34.2. The number of aromatic nitrogens is 1. The SMILES string of the molecule is c1ccc(-c2ccc(-c3ccc(N(c4ccc(-c5ccc(-c6ccccc6)cc5)cc4)c4ccc(-c5ccc(-n6c7ccc(-c8ccc(-c9cccc%10c9oc9ccccc9%10)cc8)cc7c7cc(-c8ccc(-c9cccc%10c9oc9ccccc9%10)cc8)ccc76)cc5)cc4)cc3)cc2)cc1. The Hall–Kier alpha value is -13.3. The van der Waals surface area contributed by atoms with Gasteiger partial charge in [-0.1, -0.05) is 291 Å². The normalized spacial score (nSPS) is 11.6. The standard InChI is InChI=1S/C96H62N2O2/c1-3-13-63(14-4-1)65-25-29-67(30-26-65)69-41-51-79(52-42-69)97(80-53-43-70(44-54-80)68-31-27-66(28-32-68)64-15-5-2-6-16-64)81-55-45-71(46-56-81)72-47-57-82(58-48-72)98-91-59-49-77(73-33-37-75(38-34-73)83-19-11-21-87-85-17-7-9-23-93(85)99-95(83)87)61-89(91)90-62-78(50-60-92(90)98)74-35-39-76(40-36-74)84-20-12-22-88-86-18-8-10-24-94(86)100-96(84)88/h1-62H. The summed E-state index contributed by atoms with van der Waals surface area (Å²) < 4.78 is 15.4. The van der Waals surface area contributed by atoms with Crippen LogP contribution in [0, 0.1) is 0 Å². The van der Waals surface area contributed by atoms with Gasteiger partial charge in [-0.3, -0.25) is 0 Å². The van der Waals surface area contributed by atoms with Crippen LogP contribution < -0.4 is 4.90 Å². The van der Waals surface area contributed by atoms with Gasteiger partial charge in [-0.15, -0.1) is 0 Å². The maximum atomic E-state index is 6.48. The van der Waals surface area contributed by atoms with Gasteiger partial charge in [0.25, 0.3) is 0 Å². The van der Waals surface area contributed by atoms with Crippen LogP contribution in [0.1, 0.15) is 0 Å². The monoisotopic (exact) mass is 1270 g/mol. The van der Waals surface area contributed by atoms with Crippen molar-refractivity contribution in [2.75, 3.05) is 4.90 Å². The number of hydrogen-bond acceptors (Lipinski definition) is 3. The van der Waals surface area contributed by atoms with E-state index in [0.29, 0.717) is 0 Å². The second kappa shape index (κ2) is 24.4. The zero-order valence-electron chi connectivity index (χ0n) is 54.5. The van der Waals surface area contributed by atoms with Gasteiger partial charge >= 0.3 is 0 Å². The van der Waals surface area contributed by atoms with E-state index >= 15 is 0 Å². The average molecular weight is 1280 g/mol. The molecule has 4 heteroatoms. The molecule has 0 saturated heterocycles. The molecular weight excluding hydrogens is 1210 g/mol. The van der Waals surface area contributed by atoms with Gasteiger partial charge in [-0.2, -0.15) is 0 Å². The summed E-state index contributed by atoms with van der Waals surface area (Å²) in [7, 11) is 0. The Morgan fingerprint density at radius 3 is 0.820 bits per heavy atom. The Balaban J connectivity index is 0.655. The van der Waals surface area contributed by atoms with Crippen LogP contribution in [0.4, 0.5) is 17.1 Å². The molecule has 0 aliphatic heterocycles. The number of furan rings is 2. The minimum Gasteiger partial charge on any atom is -0.455 e. The van der Waals surface area contributed by atoms with Crippen LogP contribution >= 0.6 is 0 Å². The van der Waals surface area contributed by atoms with Crippen LogP contribution in [0.2, 0.25) is 0 Å². The smallest absolute Gasteiger partial charge is 0.143 e. The van der Waals surface area contributed by atoms with Crippen molar-refractivity contribution in [2.45, 2.75) is 0 Å². The van der Waals surface area contributed by atoms with Crippen molar-refractivity contribution in [3.8, 4) is 106 Å².